The van der Waals surface area contributed by atoms with Gasteiger partial charge in [0.15, 0.2) is 0 Å². The second-order valence-electron chi connectivity index (χ2n) is 9.43. The van der Waals surface area contributed by atoms with E-state index in [0.29, 0.717) is 29.1 Å². The van der Waals surface area contributed by atoms with E-state index in [2.05, 4.69) is 5.32 Å². The van der Waals surface area contributed by atoms with Crippen LogP contribution < -0.4 is 9.62 Å². The Morgan fingerprint density at radius 3 is 2.27 bits per heavy atom. The molecule has 0 aliphatic heterocycles. The summed E-state index contributed by atoms with van der Waals surface area (Å²) in [5.74, 6) is -1.34. The third-order valence-electron chi connectivity index (χ3n) is 6.60. The lowest BCUT2D eigenvalue weighted by Gasteiger charge is -2.33. The topological polar surface area (TPSA) is 86.8 Å². The highest BCUT2D eigenvalue weighted by Gasteiger charge is 2.34. The van der Waals surface area contributed by atoms with Crippen molar-refractivity contribution in [1.29, 1.82) is 0 Å². The van der Waals surface area contributed by atoms with Gasteiger partial charge in [-0.2, -0.15) is 0 Å². The molecule has 0 spiro atoms. The molecule has 0 unspecified atom stereocenters. The monoisotopic (exact) mass is 587 g/mol. The van der Waals surface area contributed by atoms with E-state index in [1.165, 1.54) is 41.3 Å². The molecule has 214 valence electrons. The van der Waals surface area contributed by atoms with Gasteiger partial charge in [0.25, 0.3) is 10.0 Å². The second-order valence-corrected chi connectivity index (χ2v) is 11.7. The van der Waals surface area contributed by atoms with Gasteiger partial charge in [0.2, 0.25) is 11.8 Å². The van der Waals surface area contributed by atoms with Crippen molar-refractivity contribution in [1.82, 2.24) is 10.2 Å². The number of hydrogen-bond acceptors (Lipinski definition) is 4. The third-order valence-corrected chi connectivity index (χ3v) is 8.78. The van der Waals surface area contributed by atoms with E-state index in [-0.39, 0.29) is 23.0 Å². The van der Waals surface area contributed by atoms with Gasteiger partial charge in [0.1, 0.15) is 18.4 Å². The summed E-state index contributed by atoms with van der Waals surface area (Å²) >= 11 is 6.35. The molecule has 3 rings (SSSR count). The van der Waals surface area contributed by atoms with E-state index in [1.54, 1.807) is 50.2 Å². The smallest absolute Gasteiger partial charge is 0.264 e. The number of sulfonamides is 1. The van der Waals surface area contributed by atoms with Crippen LogP contribution in [0.4, 0.5) is 10.1 Å². The quantitative estimate of drug-likeness (QED) is 0.260. The number of rotatable bonds is 13. The zero-order chi connectivity index (χ0) is 29.3. The number of amides is 2. The summed E-state index contributed by atoms with van der Waals surface area (Å²) in [6.07, 6.45) is 1.97. The summed E-state index contributed by atoms with van der Waals surface area (Å²) in [5.41, 5.74) is 1.35. The van der Waals surface area contributed by atoms with Crippen LogP contribution in [-0.2, 0) is 26.2 Å². The largest absolute Gasteiger partial charge is 0.354 e. The van der Waals surface area contributed by atoms with Gasteiger partial charge >= 0.3 is 0 Å². The third kappa shape index (κ3) is 7.61. The summed E-state index contributed by atoms with van der Waals surface area (Å²) in [6, 6.07) is 17.4. The first kappa shape index (κ1) is 31.1. The molecule has 2 amide bonds. The van der Waals surface area contributed by atoms with E-state index in [4.69, 9.17) is 11.6 Å². The molecule has 0 saturated carbocycles. The van der Waals surface area contributed by atoms with Crippen LogP contribution in [-0.4, -0.2) is 44.3 Å². The van der Waals surface area contributed by atoms with Crippen molar-refractivity contribution in [3.05, 3.63) is 94.8 Å². The second kappa shape index (κ2) is 14.3. The van der Waals surface area contributed by atoms with Crippen molar-refractivity contribution in [3.8, 4) is 0 Å². The minimum Gasteiger partial charge on any atom is -0.354 e. The average Bonchev–Trinajstić information content (AvgIpc) is 2.95. The number of benzene rings is 3. The molecular weight excluding hydrogens is 553 g/mol. The number of carbonyl (C=O) groups is 2. The Morgan fingerprint density at radius 2 is 1.65 bits per heavy atom. The Kier molecular flexibility index (Phi) is 11.1. The molecule has 7 nitrogen and oxygen atoms in total. The Hall–Kier alpha value is -3.43. The first-order chi connectivity index (χ1) is 19.1. The van der Waals surface area contributed by atoms with Crippen molar-refractivity contribution in [2.45, 2.75) is 57.5 Å². The Bertz CT molecular complexity index is 1400. The van der Waals surface area contributed by atoms with E-state index in [9.17, 15) is 22.4 Å². The lowest BCUT2D eigenvalue weighted by Crippen LogP contribution is -2.52. The standard InChI is InChI=1S/C30H35ClFN3O4S/c1-4-6-19-33-30(37)27(5-2)34(20-23-15-17-24(32)18-16-23)29(36)21-35(28-14-10-13-26(31)22(28)3)40(38,39)25-11-8-7-9-12-25/h7-18,27H,4-6,19-21H2,1-3H3,(H,33,37)/t27-/m1/s1. The molecule has 1 atom stereocenters. The number of unbranched alkanes of at least 4 members (excludes halogenated alkanes) is 1. The molecule has 0 saturated heterocycles. The highest BCUT2D eigenvalue weighted by molar-refractivity contribution is 7.92. The summed E-state index contributed by atoms with van der Waals surface area (Å²) in [6.45, 7) is 5.36. The Morgan fingerprint density at radius 1 is 0.975 bits per heavy atom. The van der Waals surface area contributed by atoms with Crippen LogP contribution in [0.2, 0.25) is 5.02 Å². The van der Waals surface area contributed by atoms with Gasteiger partial charge in [0, 0.05) is 18.1 Å². The molecule has 3 aromatic carbocycles. The van der Waals surface area contributed by atoms with Crippen molar-refractivity contribution in [2.75, 3.05) is 17.4 Å². The zero-order valence-corrected chi connectivity index (χ0v) is 24.5. The van der Waals surface area contributed by atoms with Crippen molar-refractivity contribution in [2.24, 2.45) is 0 Å². The first-order valence-electron chi connectivity index (χ1n) is 13.2. The van der Waals surface area contributed by atoms with Gasteiger partial charge in [-0.05, 0) is 67.3 Å². The number of halogens is 2. The van der Waals surface area contributed by atoms with Crippen molar-refractivity contribution >= 4 is 39.1 Å². The first-order valence-corrected chi connectivity index (χ1v) is 15.1. The fourth-order valence-corrected chi connectivity index (χ4v) is 5.97. The van der Waals surface area contributed by atoms with Gasteiger partial charge in [-0.3, -0.25) is 13.9 Å². The van der Waals surface area contributed by atoms with Crippen LogP contribution >= 0.6 is 11.6 Å². The Labute approximate surface area is 241 Å². The van der Waals surface area contributed by atoms with Crippen molar-refractivity contribution in [3.63, 3.8) is 0 Å². The molecule has 0 aromatic heterocycles. The molecule has 0 aliphatic rings. The van der Waals surface area contributed by atoms with E-state index < -0.39 is 34.3 Å². The molecule has 3 aromatic rings. The van der Waals surface area contributed by atoms with Crippen LogP contribution in [0.1, 0.15) is 44.2 Å². The molecular formula is C30H35ClFN3O4S. The minimum atomic E-state index is -4.19. The van der Waals surface area contributed by atoms with Crippen LogP contribution in [0.15, 0.2) is 77.7 Å². The maximum absolute atomic E-state index is 14.0. The summed E-state index contributed by atoms with van der Waals surface area (Å²) in [5, 5.41) is 3.23. The molecule has 0 bridgehead atoms. The predicted molar refractivity (Wildman–Crippen MR) is 156 cm³/mol. The van der Waals surface area contributed by atoms with Gasteiger partial charge in [0.05, 0.1) is 10.6 Å². The molecule has 0 radical (unpaired) electrons. The Balaban J connectivity index is 2.06. The normalized spacial score (nSPS) is 12.0. The number of carbonyl (C=O) groups excluding carboxylic acids is 2. The average molecular weight is 588 g/mol. The van der Waals surface area contributed by atoms with E-state index in [1.807, 2.05) is 6.92 Å². The van der Waals surface area contributed by atoms with E-state index in [0.717, 1.165) is 17.1 Å². The number of hydrogen-bond donors (Lipinski definition) is 1. The zero-order valence-electron chi connectivity index (χ0n) is 22.9. The minimum absolute atomic E-state index is 0.00737. The SMILES string of the molecule is CCCCNC(=O)[C@@H](CC)N(Cc1ccc(F)cc1)C(=O)CN(c1cccc(Cl)c1C)S(=O)(=O)c1ccccc1. The molecule has 10 heteroatoms. The lowest BCUT2D eigenvalue weighted by atomic mass is 10.1. The number of anilines is 1. The molecule has 0 aliphatic carbocycles. The highest BCUT2D eigenvalue weighted by atomic mass is 35.5. The van der Waals surface area contributed by atoms with Crippen LogP contribution in [0.25, 0.3) is 0 Å². The predicted octanol–water partition coefficient (Wildman–Crippen LogP) is 5.71. The van der Waals surface area contributed by atoms with Crippen LogP contribution in [0, 0.1) is 12.7 Å². The van der Waals surface area contributed by atoms with Gasteiger partial charge in [-0.15, -0.1) is 0 Å². The van der Waals surface area contributed by atoms with Crippen LogP contribution in [0.3, 0.4) is 0 Å². The molecule has 40 heavy (non-hydrogen) atoms. The van der Waals surface area contributed by atoms with Crippen LogP contribution in [0.5, 0.6) is 0 Å². The summed E-state index contributed by atoms with van der Waals surface area (Å²) in [4.78, 5) is 28.6. The maximum atomic E-state index is 14.0. The van der Waals surface area contributed by atoms with Crippen molar-refractivity contribution < 1.29 is 22.4 Å². The summed E-state index contributed by atoms with van der Waals surface area (Å²) < 4.78 is 42.4. The molecule has 0 heterocycles. The fourth-order valence-electron chi connectivity index (χ4n) is 4.31. The van der Waals surface area contributed by atoms with Gasteiger partial charge < -0.3 is 10.2 Å². The molecule has 1 N–H and O–H groups in total. The van der Waals surface area contributed by atoms with Gasteiger partial charge in [-0.25, -0.2) is 12.8 Å². The number of nitrogens with one attached hydrogen (secondary N) is 1. The lowest BCUT2D eigenvalue weighted by molar-refractivity contribution is -0.140. The van der Waals surface area contributed by atoms with E-state index >= 15 is 0 Å². The maximum Gasteiger partial charge on any atom is 0.264 e. The fraction of sp³-hybridized carbons (Fsp3) is 0.333. The van der Waals surface area contributed by atoms with Gasteiger partial charge in [-0.1, -0.05) is 68.3 Å². The molecule has 0 fully saturated rings. The number of nitrogens with zero attached hydrogens (tertiary/aromatic N) is 2. The summed E-state index contributed by atoms with van der Waals surface area (Å²) in [7, 11) is -4.19. The highest BCUT2D eigenvalue weighted by Crippen LogP contribution is 2.31.